The Bertz CT molecular complexity index is 417. The lowest BCUT2D eigenvalue weighted by Crippen LogP contribution is -2.25. The van der Waals surface area contributed by atoms with Gasteiger partial charge in [0.2, 0.25) is 0 Å². The molecule has 4 heteroatoms. The Balaban J connectivity index is 3.23. The standard InChI is InChI=1S/C13H21N3O/c1-12(2,3)7-10(11(17)13(4,5)6)16-9-14-8-15-16/h7-9H,1-6H3/b10-7-. The Morgan fingerprint density at radius 3 is 2.12 bits per heavy atom. The molecule has 1 aromatic heterocycles. The number of carbonyl (C=O) groups excluding carboxylic acids is 1. The first-order valence-corrected chi connectivity index (χ1v) is 5.74. The summed E-state index contributed by atoms with van der Waals surface area (Å²) in [6.45, 7) is 11.9. The topological polar surface area (TPSA) is 47.8 Å². The SMILES string of the molecule is CC(C)(C)/C=C(/C(=O)C(C)(C)C)n1cncn1. The Hall–Kier alpha value is -1.45. The molecule has 17 heavy (non-hydrogen) atoms. The van der Waals surface area contributed by atoms with E-state index in [1.807, 2.05) is 26.8 Å². The lowest BCUT2D eigenvalue weighted by Gasteiger charge is -2.21. The third kappa shape index (κ3) is 3.80. The summed E-state index contributed by atoms with van der Waals surface area (Å²) in [5, 5.41) is 4.05. The maximum Gasteiger partial charge on any atom is 0.186 e. The van der Waals surface area contributed by atoms with Gasteiger partial charge in [0.05, 0.1) is 0 Å². The summed E-state index contributed by atoms with van der Waals surface area (Å²) in [4.78, 5) is 16.3. The van der Waals surface area contributed by atoms with Gasteiger partial charge in [-0.25, -0.2) is 9.67 Å². The Morgan fingerprint density at radius 1 is 1.18 bits per heavy atom. The van der Waals surface area contributed by atoms with Gasteiger partial charge in [0.25, 0.3) is 0 Å². The van der Waals surface area contributed by atoms with Gasteiger partial charge in [-0.15, -0.1) is 0 Å². The molecule has 0 N–H and O–H groups in total. The van der Waals surface area contributed by atoms with E-state index in [2.05, 4.69) is 30.9 Å². The molecule has 4 nitrogen and oxygen atoms in total. The van der Waals surface area contributed by atoms with E-state index in [-0.39, 0.29) is 11.2 Å². The van der Waals surface area contributed by atoms with Crippen molar-refractivity contribution in [3.63, 3.8) is 0 Å². The zero-order chi connectivity index (χ0) is 13.3. The van der Waals surface area contributed by atoms with Gasteiger partial charge in [-0.2, -0.15) is 5.10 Å². The van der Waals surface area contributed by atoms with Crippen molar-refractivity contribution in [2.45, 2.75) is 41.5 Å². The lowest BCUT2D eigenvalue weighted by molar-refractivity contribution is -0.120. The first kappa shape index (κ1) is 13.6. The molecule has 0 saturated carbocycles. The van der Waals surface area contributed by atoms with Crippen molar-refractivity contribution < 1.29 is 4.79 Å². The maximum atomic E-state index is 12.4. The van der Waals surface area contributed by atoms with Gasteiger partial charge in [-0.1, -0.05) is 41.5 Å². The van der Waals surface area contributed by atoms with Gasteiger partial charge in [-0.3, -0.25) is 4.79 Å². The molecule has 0 bridgehead atoms. The van der Waals surface area contributed by atoms with Crippen molar-refractivity contribution in [3.8, 4) is 0 Å². The Labute approximate surface area is 103 Å². The van der Waals surface area contributed by atoms with E-state index in [9.17, 15) is 4.79 Å². The summed E-state index contributed by atoms with van der Waals surface area (Å²) in [6.07, 6.45) is 4.93. The highest BCUT2D eigenvalue weighted by Gasteiger charge is 2.27. The molecular weight excluding hydrogens is 214 g/mol. The highest BCUT2D eigenvalue weighted by Crippen LogP contribution is 2.26. The fraction of sp³-hybridized carbons (Fsp3) is 0.615. The highest BCUT2D eigenvalue weighted by atomic mass is 16.1. The summed E-state index contributed by atoms with van der Waals surface area (Å²) >= 11 is 0. The predicted octanol–water partition coefficient (Wildman–Crippen LogP) is 2.78. The molecular formula is C13H21N3O. The third-order valence-corrected chi connectivity index (χ3v) is 2.15. The largest absolute Gasteiger partial charge is 0.292 e. The van der Waals surface area contributed by atoms with E-state index in [1.54, 1.807) is 11.0 Å². The van der Waals surface area contributed by atoms with Crippen LogP contribution in [-0.2, 0) is 4.79 Å². The van der Waals surface area contributed by atoms with Gasteiger partial charge in [-0.05, 0) is 11.5 Å². The van der Waals surface area contributed by atoms with Crippen molar-refractivity contribution >= 4 is 11.5 Å². The molecule has 94 valence electrons. The fourth-order valence-corrected chi connectivity index (χ4v) is 1.36. The van der Waals surface area contributed by atoms with E-state index < -0.39 is 5.41 Å². The van der Waals surface area contributed by atoms with Crippen LogP contribution in [0.4, 0.5) is 0 Å². The van der Waals surface area contributed by atoms with Gasteiger partial charge in [0, 0.05) is 5.41 Å². The molecule has 0 fully saturated rings. The molecule has 0 aromatic carbocycles. The fourth-order valence-electron chi connectivity index (χ4n) is 1.36. The molecule has 1 rings (SSSR count). The summed E-state index contributed by atoms with van der Waals surface area (Å²) < 4.78 is 1.54. The molecule has 0 unspecified atom stereocenters. The normalized spacial score (nSPS) is 13.9. The van der Waals surface area contributed by atoms with Crippen LogP contribution < -0.4 is 0 Å². The summed E-state index contributed by atoms with van der Waals surface area (Å²) in [7, 11) is 0. The van der Waals surface area contributed by atoms with E-state index in [0.717, 1.165) is 0 Å². The molecule has 0 radical (unpaired) electrons. The molecule has 0 atom stereocenters. The Kier molecular flexibility index (Phi) is 3.55. The van der Waals surface area contributed by atoms with Crippen molar-refractivity contribution in [2.75, 3.05) is 0 Å². The average Bonchev–Trinajstić information content (AvgIpc) is 2.62. The average molecular weight is 235 g/mol. The quantitative estimate of drug-likeness (QED) is 0.740. The molecule has 0 amide bonds. The van der Waals surface area contributed by atoms with E-state index in [4.69, 9.17) is 0 Å². The number of Topliss-reactive ketones (excluding diaryl/α,β-unsaturated/α-hetero) is 1. The minimum absolute atomic E-state index is 0.0675. The van der Waals surface area contributed by atoms with Crippen LogP contribution in [0, 0.1) is 10.8 Å². The zero-order valence-corrected chi connectivity index (χ0v) is 11.5. The summed E-state index contributed by atoms with van der Waals surface area (Å²) in [5.41, 5.74) is 0.0769. The number of rotatable bonds is 2. The first-order chi connectivity index (χ1) is 7.61. The molecule has 0 aliphatic heterocycles. The van der Waals surface area contributed by atoms with Crippen molar-refractivity contribution in [1.29, 1.82) is 0 Å². The number of nitrogens with zero attached hydrogens (tertiary/aromatic N) is 3. The van der Waals surface area contributed by atoms with Crippen LogP contribution in [0.1, 0.15) is 41.5 Å². The second-order valence-corrected chi connectivity index (χ2v) is 6.31. The number of aromatic nitrogens is 3. The van der Waals surface area contributed by atoms with Crippen LogP contribution in [0.15, 0.2) is 18.7 Å². The van der Waals surface area contributed by atoms with Gasteiger partial charge in [0.1, 0.15) is 18.4 Å². The van der Waals surface area contributed by atoms with Gasteiger partial charge >= 0.3 is 0 Å². The Morgan fingerprint density at radius 2 is 1.76 bits per heavy atom. The van der Waals surface area contributed by atoms with Crippen molar-refractivity contribution in [3.05, 3.63) is 18.7 Å². The van der Waals surface area contributed by atoms with Crippen molar-refractivity contribution in [2.24, 2.45) is 10.8 Å². The number of hydrogen-bond donors (Lipinski definition) is 0. The molecule has 1 heterocycles. The molecule has 0 aliphatic rings. The van der Waals surface area contributed by atoms with E-state index in [1.165, 1.54) is 6.33 Å². The van der Waals surface area contributed by atoms with E-state index >= 15 is 0 Å². The molecule has 0 saturated heterocycles. The van der Waals surface area contributed by atoms with Crippen LogP contribution >= 0.6 is 0 Å². The smallest absolute Gasteiger partial charge is 0.186 e. The van der Waals surface area contributed by atoms with Crippen LogP contribution in [0.25, 0.3) is 5.70 Å². The van der Waals surface area contributed by atoms with Crippen LogP contribution in [-0.4, -0.2) is 20.5 Å². The second-order valence-electron chi connectivity index (χ2n) is 6.31. The lowest BCUT2D eigenvalue weighted by atomic mass is 9.86. The molecule has 0 spiro atoms. The first-order valence-electron chi connectivity index (χ1n) is 5.74. The van der Waals surface area contributed by atoms with Gasteiger partial charge in [0.15, 0.2) is 5.78 Å². The van der Waals surface area contributed by atoms with Gasteiger partial charge < -0.3 is 0 Å². The van der Waals surface area contributed by atoms with Crippen LogP contribution in [0.2, 0.25) is 0 Å². The van der Waals surface area contributed by atoms with Crippen LogP contribution in [0.3, 0.4) is 0 Å². The number of hydrogen-bond acceptors (Lipinski definition) is 3. The molecule has 1 aromatic rings. The van der Waals surface area contributed by atoms with Crippen LogP contribution in [0.5, 0.6) is 0 Å². The third-order valence-electron chi connectivity index (χ3n) is 2.15. The highest BCUT2D eigenvalue weighted by molar-refractivity contribution is 6.17. The number of carbonyl (C=O) groups is 1. The summed E-state index contributed by atoms with van der Waals surface area (Å²) in [6, 6.07) is 0. The van der Waals surface area contributed by atoms with Crippen molar-refractivity contribution in [1.82, 2.24) is 14.8 Å². The molecule has 0 aliphatic carbocycles. The second kappa shape index (κ2) is 4.43. The monoisotopic (exact) mass is 235 g/mol. The maximum absolute atomic E-state index is 12.4. The van der Waals surface area contributed by atoms with E-state index in [0.29, 0.717) is 5.70 Å². The number of ketones is 1. The minimum atomic E-state index is -0.428. The predicted molar refractivity (Wildman–Crippen MR) is 68.2 cm³/mol. The number of allylic oxidation sites excluding steroid dienone is 2. The zero-order valence-electron chi connectivity index (χ0n) is 11.5. The minimum Gasteiger partial charge on any atom is -0.292 e. The summed E-state index contributed by atoms with van der Waals surface area (Å²) in [5.74, 6) is 0.0675.